The zero-order valence-electron chi connectivity index (χ0n) is 6.65. The third-order valence-corrected chi connectivity index (χ3v) is 0.846. The van der Waals surface area contributed by atoms with Crippen LogP contribution >= 0.6 is 0 Å². The van der Waals surface area contributed by atoms with Gasteiger partial charge >= 0.3 is 5.97 Å². The maximum Gasteiger partial charge on any atom is 0.302 e. The molecule has 0 aromatic rings. The molecule has 0 spiro atoms. The monoisotopic (exact) mass is 174 g/mol. The zero-order valence-corrected chi connectivity index (χ0v) is 6.65. The van der Waals surface area contributed by atoms with Crippen LogP contribution in [0.1, 0.15) is 6.92 Å². The van der Waals surface area contributed by atoms with Crippen LogP contribution in [-0.4, -0.2) is 30.4 Å². The number of esters is 1. The molecule has 68 valence electrons. The summed E-state index contributed by atoms with van der Waals surface area (Å²) >= 11 is 0. The number of aliphatic hydroxyl groups excluding tert-OH is 1. The highest BCUT2D eigenvalue weighted by Crippen LogP contribution is 1.88. The van der Waals surface area contributed by atoms with Crippen LogP contribution in [0.2, 0.25) is 0 Å². The average Bonchev–Trinajstić information content (AvgIpc) is 2.01. The van der Waals surface area contributed by atoms with Crippen molar-refractivity contribution in [3.63, 3.8) is 0 Å². The lowest BCUT2D eigenvalue weighted by atomic mass is 10.4. The Morgan fingerprint density at radius 1 is 1.67 bits per heavy atom. The summed E-state index contributed by atoms with van der Waals surface area (Å²) in [6, 6.07) is 0. The molecular formula is C7H10O5. The van der Waals surface area contributed by atoms with Crippen molar-refractivity contribution in [1.82, 2.24) is 0 Å². The summed E-state index contributed by atoms with van der Waals surface area (Å²) < 4.78 is 4.46. The molecule has 0 bridgehead atoms. The Morgan fingerprint density at radius 2 is 2.33 bits per heavy atom. The molecule has 5 nitrogen and oxygen atoms in total. The lowest BCUT2D eigenvalue weighted by Gasteiger charge is -2.07. The van der Waals surface area contributed by atoms with Crippen LogP contribution in [-0.2, 0) is 19.3 Å². The molecule has 1 N–H and O–H groups in total. The van der Waals surface area contributed by atoms with E-state index < -0.39 is 12.1 Å². The minimum absolute atomic E-state index is 0.136. The van der Waals surface area contributed by atoms with Gasteiger partial charge in [0.2, 0.25) is 0 Å². The highest BCUT2D eigenvalue weighted by atomic mass is 17.2. The minimum atomic E-state index is -0.928. The van der Waals surface area contributed by atoms with Gasteiger partial charge in [0.25, 0.3) is 0 Å². The van der Waals surface area contributed by atoms with E-state index >= 15 is 0 Å². The number of ether oxygens (including phenoxy) is 1. The third-order valence-electron chi connectivity index (χ3n) is 0.846. The van der Waals surface area contributed by atoms with Gasteiger partial charge in [-0.15, -0.1) is 0 Å². The predicted molar refractivity (Wildman–Crippen MR) is 38.5 cm³/mol. The topological polar surface area (TPSA) is 65.0 Å². The van der Waals surface area contributed by atoms with Crippen molar-refractivity contribution in [1.29, 1.82) is 0 Å². The second-order valence-corrected chi connectivity index (χ2v) is 1.94. The molecular weight excluding hydrogens is 164 g/mol. The van der Waals surface area contributed by atoms with E-state index in [0.29, 0.717) is 0 Å². The van der Waals surface area contributed by atoms with Crippen LogP contribution in [0.15, 0.2) is 0 Å². The molecule has 0 rings (SSSR count). The quantitative estimate of drug-likeness (QED) is 0.199. The second kappa shape index (κ2) is 6.46. The number of terminal acetylenes is 1. The molecule has 0 saturated heterocycles. The summed E-state index contributed by atoms with van der Waals surface area (Å²) in [4.78, 5) is 18.6. The van der Waals surface area contributed by atoms with E-state index in [-0.39, 0.29) is 13.2 Å². The smallest absolute Gasteiger partial charge is 0.302 e. The third kappa shape index (κ3) is 6.86. The minimum Gasteiger partial charge on any atom is -0.463 e. The fourth-order valence-electron chi connectivity index (χ4n) is 0.408. The lowest BCUT2D eigenvalue weighted by molar-refractivity contribution is -0.253. The maximum atomic E-state index is 10.2. The van der Waals surface area contributed by atoms with Gasteiger partial charge in [0.1, 0.15) is 19.3 Å². The van der Waals surface area contributed by atoms with E-state index in [4.69, 9.17) is 5.11 Å². The van der Waals surface area contributed by atoms with E-state index in [1.54, 1.807) is 6.11 Å². The number of carbonyl (C=O) groups excluding carboxylic acids is 1. The molecule has 0 aliphatic rings. The molecule has 0 aliphatic heterocycles. The van der Waals surface area contributed by atoms with Crippen molar-refractivity contribution < 1.29 is 24.4 Å². The van der Waals surface area contributed by atoms with Crippen molar-refractivity contribution in [2.75, 3.05) is 13.2 Å². The van der Waals surface area contributed by atoms with Crippen LogP contribution in [0.3, 0.4) is 0 Å². The summed E-state index contributed by atoms with van der Waals surface area (Å²) in [5.74, 6) is -0.466. The molecule has 0 amide bonds. The van der Waals surface area contributed by atoms with Crippen molar-refractivity contribution in [3.8, 4) is 12.5 Å². The normalized spacial score (nSPS) is 11.4. The van der Waals surface area contributed by atoms with Gasteiger partial charge in [-0.3, -0.25) is 9.68 Å². The molecule has 0 radical (unpaired) electrons. The number of rotatable bonds is 5. The van der Waals surface area contributed by atoms with Crippen molar-refractivity contribution >= 4 is 5.97 Å². The number of carbonyl (C=O) groups is 1. The number of hydrogen-bond donors (Lipinski definition) is 1. The molecule has 12 heavy (non-hydrogen) atoms. The molecule has 0 aromatic carbocycles. The number of aliphatic hydroxyl groups is 1. The first-order valence-electron chi connectivity index (χ1n) is 3.22. The zero-order chi connectivity index (χ0) is 9.40. The Labute approximate surface area is 70.2 Å². The van der Waals surface area contributed by atoms with Gasteiger partial charge in [-0.1, -0.05) is 6.42 Å². The maximum absolute atomic E-state index is 10.2. The summed E-state index contributed by atoms with van der Waals surface area (Å²) in [6.07, 6.45) is 5.49. The van der Waals surface area contributed by atoms with Crippen molar-refractivity contribution in [2.45, 2.75) is 13.0 Å². The summed E-state index contributed by atoms with van der Waals surface area (Å²) in [5, 5.41) is 8.97. The van der Waals surface area contributed by atoms with Crippen LogP contribution in [0, 0.1) is 12.5 Å². The molecule has 0 fully saturated rings. The Balaban J connectivity index is 3.28. The summed E-state index contributed by atoms with van der Waals surface area (Å²) in [7, 11) is 0. The van der Waals surface area contributed by atoms with Gasteiger partial charge in [-0.05, 0) is 0 Å². The first-order chi connectivity index (χ1) is 5.66. The highest BCUT2D eigenvalue weighted by Gasteiger charge is 2.06. The fourth-order valence-corrected chi connectivity index (χ4v) is 0.408. The van der Waals surface area contributed by atoms with Gasteiger partial charge in [0, 0.05) is 6.92 Å². The van der Waals surface area contributed by atoms with Crippen molar-refractivity contribution in [3.05, 3.63) is 0 Å². The standard InChI is InChI=1S/C7H10O5/c1-3-11-12-5-7(9)4-10-6(2)8/h1,7,9H,4-5H2,2H3. The first-order valence-corrected chi connectivity index (χ1v) is 3.22. The van der Waals surface area contributed by atoms with Gasteiger partial charge < -0.3 is 9.84 Å². The van der Waals surface area contributed by atoms with Gasteiger partial charge in [-0.2, -0.15) is 4.89 Å². The van der Waals surface area contributed by atoms with E-state index in [1.165, 1.54) is 6.92 Å². The summed E-state index contributed by atoms with van der Waals surface area (Å²) in [6.45, 7) is 0.965. The van der Waals surface area contributed by atoms with Crippen molar-refractivity contribution in [2.24, 2.45) is 0 Å². The Bertz CT molecular complexity index is 171. The molecule has 1 unspecified atom stereocenters. The average molecular weight is 174 g/mol. The first kappa shape index (κ1) is 10.8. The van der Waals surface area contributed by atoms with Gasteiger partial charge in [0.15, 0.2) is 6.11 Å². The largest absolute Gasteiger partial charge is 0.463 e. The fraction of sp³-hybridized carbons (Fsp3) is 0.571. The highest BCUT2D eigenvalue weighted by molar-refractivity contribution is 5.65. The van der Waals surface area contributed by atoms with Crippen LogP contribution in [0.5, 0.6) is 0 Å². The van der Waals surface area contributed by atoms with E-state index in [9.17, 15) is 4.79 Å². The van der Waals surface area contributed by atoms with Crippen LogP contribution in [0.25, 0.3) is 0 Å². The van der Waals surface area contributed by atoms with E-state index in [1.807, 2.05) is 0 Å². The van der Waals surface area contributed by atoms with Gasteiger partial charge in [0.05, 0.1) is 0 Å². The Morgan fingerprint density at radius 3 is 2.83 bits per heavy atom. The molecule has 0 heterocycles. The Kier molecular flexibility index (Phi) is 5.79. The number of hydrogen-bond acceptors (Lipinski definition) is 5. The van der Waals surface area contributed by atoms with Gasteiger partial charge in [-0.25, -0.2) is 0 Å². The van der Waals surface area contributed by atoms with Crippen LogP contribution < -0.4 is 0 Å². The molecule has 0 aliphatic carbocycles. The molecule has 0 saturated carbocycles. The second-order valence-electron chi connectivity index (χ2n) is 1.94. The molecule has 0 aromatic heterocycles. The molecule has 5 heteroatoms. The SMILES string of the molecule is C#COOCC(O)COC(C)=O. The predicted octanol–water partition coefficient (Wildman–Crippen LogP) is -0.551. The van der Waals surface area contributed by atoms with E-state index in [0.717, 1.165) is 0 Å². The lowest BCUT2D eigenvalue weighted by Crippen LogP contribution is -2.22. The Hall–Kier alpha value is -1.25. The molecule has 1 atom stereocenters. The summed E-state index contributed by atoms with van der Waals surface area (Å²) in [5.41, 5.74) is 0. The van der Waals surface area contributed by atoms with Crippen LogP contribution in [0.4, 0.5) is 0 Å². The van der Waals surface area contributed by atoms with E-state index in [2.05, 4.69) is 20.9 Å².